The summed E-state index contributed by atoms with van der Waals surface area (Å²) >= 11 is 0.748. The summed E-state index contributed by atoms with van der Waals surface area (Å²) in [6.45, 7) is 0. The molecule has 1 N–H and O–H groups in total. The molecule has 1 aromatic heterocycles. The quantitative estimate of drug-likeness (QED) is 0.849. The van der Waals surface area contributed by atoms with Crippen molar-refractivity contribution in [2.45, 2.75) is 0 Å². The molecule has 7 nitrogen and oxygen atoms in total. The molecule has 1 heterocycles. The van der Waals surface area contributed by atoms with Crippen molar-refractivity contribution in [1.29, 1.82) is 0 Å². The normalized spacial score (nSPS) is 12.4. The Bertz CT molecular complexity index is 609. The van der Waals surface area contributed by atoms with Gasteiger partial charge in [-0.05, 0) is 11.4 Å². The number of aromatic carboxylic acids is 1. The van der Waals surface area contributed by atoms with Crippen LogP contribution in [0.25, 0.3) is 0 Å². The number of anilines is 1. The van der Waals surface area contributed by atoms with Gasteiger partial charge >= 0.3 is 5.97 Å². The van der Waals surface area contributed by atoms with Crippen molar-refractivity contribution in [3.8, 4) is 0 Å². The second-order valence-electron chi connectivity index (χ2n) is 3.16. The van der Waals surface area contributed by atoms with Crippen molar-refractivity contribution in [2.24, 2.45) is 0 Å². The fraction of sp³-hybridized carbons (Fsp3) is 0.286. The highest BCUT2D eigenvalue weighted by Crippen LogP contribution is 2.29. The Kier molecular flexibility index (Phi) is 3.50. The average molecular weight is 299 g/mol. The van der Waals surface area contributed by atoms with Crippen molar-refractivity contribution in [3.05, 3.63) is 16.3 Å². The van der Waals surface area contributed by atoms with E-state index in [0.717, 1.165) is 17.4 Å². The van der Waals surface area contributed by atoms with Gasteiger partial charge < -0.3 is 5.11 Å². The molecule has 0 saturated carbocycles. The van der Waals surface area contributed by atoms with Gasteiger partial charge in [-0.25, -0.2) is 21.6 Å². The summed E-state index contributed by atoms with van der Waals surface area (Å²) < 4.78 is 45.8. The van der Waals surface area contributed by atoms with Crippen LogP contribution in [0.3, 0.4) is 0 Å². The first-order chi connectivity index (χ1) is 7.55. The zero-order chi connectivity index (χ0) is 13.4. The maximum absolute atomic E-state index is 11.4. The summed E-state index contributed by atoms with van der Waals surface area (Å²) in [6, 6.07) is 1.14. The highest BCUT2D eigenvalue weighted by atomic mass is 32.3. The van der Waals surface area contributed by atoms with Crippen molar-refractivity contribution in [1.82, 2.24) is 0 Å². The lowest BCUT2D eigenvalue weighted by Crippen LogP contribution is -2.35. The molecule has 0 saturated heterocycles. The lowest BCUT2D eigenvalue weighted by Gasteiger charge is -2.18. The lowest BCUT2D eigenvalue weighted by atomic mass is 10.4. The molecule has 0 radical (unpaired) electrons. The number of sulfonamides is 2. The minimum atomic E-state index is -4.11. The third-order valence-electron chi connectivity index (χ3n) is 1.64. The summed E-state index contributed by atoms with van der Waals surface area (Å²) in [5, 5.41) is 10.1. The van der Waals surface area contributed by atoms with E-state index >= 15 is 0 Å². The molecule has 0 aliphatic heterocycles. The van der Waals surface area contributed by atoms with E-state index in [0.29, 0.717) is 12.5 Å². The Hall–Kier alpha value is -1.13. The van der Waals surface area contributed by atoms with Crippen LogP contribution in [-0.2, 0) is 20.0 Å². The topological polar surface area (TPSA) is 109 Å². The van der Waals surface area contributed by atoms with Crippen LogP contribution >= 0.6 is 11.3 Å². The van der Waals surface area contributed by atoms with Crippen LogP contribution in [0.4, 0.5) is 5.69 Å². The van der Waals surface area contributed by atoms with Crippen molar-refractivity contribution >= 4 is 43.0 Å². The molecule has 17 heavy (non-hydrogen) atoms. The summed E-state index contributed by atoms with van der Waals surface area (Å²) in [7, 11) is -8.23. The fourth-order valence-electron chi connectivity index (χ4n) is 1.21. The second-order valence-corrected chi connectivity index (χ2v) is 7.97. The van der Waals surface area contributed by atoms with Gasteiger partial charge in [-0.1, -0.05) is 0 Å². The minimum Gasteiger partial charge on any atom is -0.477 e. The Morgan fingerprint density at radius 3 is 2.06 bits per heavy atom. The van der Waals surface area contributed by atoms with Crippen molar-refractivity contribution in [2.75, 3.05) is 16.2 Å². The predicted molar refractivity (Wildman–Crippen MR) is 63.4 cm³/mol. The first kappa shape index (κ1) is 13.9. The number of carbonyl (C=O) groups is 1. The van der Waals surface area contributed by atoms with E-state index < -0.39 is 26.0 Å². The molecule has 0 spiro atoms. The molecule has 96 valence electrons. The number of carboxylic acids is 1. The van der Waals surface area contributed by atoms with Crippen LogP contribution in [0, 0.1) is 0 Å². The summed E-state index contributed by atoms with van der Waals surface area (Å²) in [5.74, 6) is -1.38. The van der Waals surface area contributed by atoms with Crippen LogP contribution in [0.1, 0.15) is 9.67 Å². The van der Waals surface area contributed by atoms with Crippen molar-refractivity contribution < 1.29 is 26.7 Å². The maximum Gasteiger partial charge on any atom is 0.348 e. The third-order valence-corrected chi connectivity index (χ3v) is 5.75. The Morgan fingerprint density at radius 1 is 1.24 bits per heavy atom. The maximum atomic E-state index is 11.4. The van der Waals surface area contributed by atoms with Gasteiger partial charge in [0.15, 0.2) is 0 Å². The second kappa shape index (κ2) is 4.27. The van der Waals surface area contributed by atoms with Gasteiger partial charge in [-0.3, -0.25) is 0 Å². The molecule has 0 aliphatic rings. The molecular formula is C7H9NO6S3. The first-order valence-corrected chi connectivity index (χ1v) is 8.64. The third kappa shape index (κ3) is 2.96. The number of nitrogens with zero attached hydrogens (tertiary/aromatic N) is 1. The molecule has 0 amide bonds. The fourth-order valence-corrected chi connectivity index (χ4v) is 5.03. The largest absolute Gasteiger partial charge is 0.477 e. The van der Waals surface area contributed by atoms with Crippen LogP contribution in [0.2, 0.25) is 0 Å². The predicted octanol–water partition coefficient (Wildman–Crippen LogP) is 0.172. The summed E-state index contributed by atoms with van der Waals surface area (Å²) in [4.78, 5) is 10.5. The average Bonchev–Trinajstić information content (AvgIpc) is 2.46. The number of hydrogen-bond donors (Lipinski definition) is 1. The standard InChI is InChI=1S/C7H9NO6S3/c1-16(11,12)8(17(2,13)14)5-3-4-15-6(5)7(9)10/h3-4H,1-2H3,(H,9,10). The van der Waals surface area contributed by atoms with Gasteiger partial charge in [0.25, 0.3) is 0 Å². The zero-order valence-electron chi connectivity index (χ0n) is 8.82. The molecule has 0 aliphatic carbocycles. The van der Waals surface area contributed by atoms with Crippen LogP contribution in [0.5, 0.6) is 0 Å². The SMILES string of the molecule is CS(=O)(=O)N(c1ccsc1C(=O)O)S(C)(=O)=O. The highest BCUT2D eigenvalue weighted by Gasteiger charge is 2.31. The smallest absolute Gasteiger partial charge is 0.348 e. The van der Waals surface area contributed by atoms with E-state index in [-0.39, 0.29) is 14.3 Å². The van der Waals surface area contributed by atoms with Gasteiger partial charge in [0.05, 0.1) is 18.2 Å². The Balaban J connectivity index is 3.56. The van der Waals surface area contributed by atoms with Gasteiger partial charge in [0.1, 0.15) is 4.88 Å². The highest BCUT2D eigenvalue weighted by molar-refractivity contribution is 8.09. The van der Waals surface area contributed by atoms with E-state index in [4.69, 9.17) is 5.11 Å². The van der Waals surface area contributed by atoms with E-state index in [1.54, 1.807) is 0 Å². The molecular weight excluding hydrogens is 290 g/mol. The van der Waals surface area contributed by atoms with Crippen LogP contribution in [0.15, 0.2) is 11.4 Å². The van der Waals surface area contributed by atoms with E-state index in [9.17, 15) is 21.6 Å². The molecule has 0 aromatic carbocycles. The molecule has 0 atom stereocenters. The summed E-state index contributed by atoms with van der Waals surface area (Å²) in [6.07, 6.45) is 1.38. The van der Waals surface area contributed by atoms with Crippen LogP contribution < -0.4 is 3.71 Å². The monoisotopic (exact) mass is 299 g/mol. The Labute approximate surface area is 102 Å². The van der Waals surface area contributed by atoms with Gasteiger partial charge in [-0.15, -0.1) is 11.3 Å². The lowest BCUT2D eigenvalue weighted by molar-refractivity contribution is 0.0703. The van der Waals surface area contributed by atoms with Crippen molar-refractivity contribution in [3.63, 3.8) is 0 Å². The molecule has 0 bridgehead atoms. The Morgan fingerprint density at radius 2 is 1.71 bits per heavy atom. The number of thiophene rings is 1. The van der Waals surface area contributed by atoms with E-state index in [1.165, 1.54) is 5.38 Å². The first-order valence-electron chi connectivity index (χ1n) is 4.06. The molecule has 10 heteroatoms. The molecule has 1 aromatic rings. The van der Waals surface area contributed by atoms with Gasteiger partial charge in [0, 0.05) is 0 Å². The molecule has 1 rings (SSSR count). The van der Waals surface area contributed by atoms with Gasteiger partial charge in [-0.2, -0.15) is 3.71 Å². The molecule has 0 unspecified atom stereocenters. The minimum absolute atomic E-state index is 0.111. The number of rotatable bonds is 4. The van der Waals surface area contributed by atoms with E-state index in [1.807, 2.05) is 0 Å². The van der Waals surface area contributed by atoms with E-state index in [2.05, 4.69) is 0 Å². The summed E-state index contributed by atoms with van der Waals surface area (Å²) in [5.41, 5.74) is -0.368. The van der Waals surface area contributed by atoms with Crippen LogP contribution in [-0.4, -0.2) is 40.4 Å². The van der Waals surface area contributed by atoms with Gasteiger partial charge in [0.2, 0.25) is 20.0 Å². The molecule has 0 fully saturated rings. The zero-order valence-corrected chi connectivity index (χ0v) is 11.3. The number of carboxylic acid groups (broad SMARTS) is 1. The number of hydrogen-bond acceptors (Lipinski definition) is 6.